The van der Waals surface area contributed by atoms with Crippen LogP contribution in [0.15, 0.2) is 33.1 Å². The lowest BCUT2D eigenvalue weighted by Crippen LogP contribution is -2.50. The zero-order valence-electron chi connectivity index (χ0n) is 24.2. The van der Waals surface area contributed by atoms with Crippen LogP contribution in [0.3, 0.4) is 0 Å². The highest BCUT2D eigenvalue weighted by Crippen LogP contribution is 2.42. The second-order valence-corrected chi connectivity index (χ2v) is 12.9. The molecule has 12 nitrogen and oxygen atoms in total. The van der Waals surface area contributed by atoms with E-state index in [0.29, 0.717) is 16.4 Å². The smallest absolute Gasteiger partial charge is 0.287 e. The van der Waals surface area contributed by atoms with Crippen LogP contribution >= 0.6 is 27.3 Å². The van der Waals surface area contributed by atoms with E-state index in [0.717, 1.165) is 36.5 Å². The summed E-state index contributed by atoms with van der Waals surface area (Å²) in [5.74, 6) is -1.65. The van der Waals surface area contributed by atoms with Gasteiger partial charge in [0.05, 0.1) is 0 Å². The number of halogens is 1. The molecule has 232 valence electrons. The number of hydrogen-bond donors (Lipinski definition) is 4. The second kappa shape index (κ2) is 14.9. The first-order valence-corrected chi connectivity index (χ1v) is 16.3. The van der Waals surface area contributed by atoms with E-state index in [-0.39, 0.29) is 48.6 Å². The molecule has 5 atom stereocenters. The fraction of sp³-hybridized carbons (Fsp3) is 0.552. The number of aromatic nitrogens is 2. The quantitative estimate of drug-likeness (QED) is 0.251. The number of amides is 4. The minimum Gasteiger partial charge on any atom is -0.351 e. The monoisotopic (exact) mass is 676 g/mol. The third-order valence-corrected chi connectivity index (χ3v) is 9.66. The molecule has 5 unspecified atom stereocenters. The number of nitrogens with zero attached hydrogens (tertiary/aromatic N) is 2. The van der Waals surface area contributed by atoms with Gasteiger partial charge in [0.1, 0.15) is 22.9 Å². The van der Waals surface area contributed by atoms with Crippen molar-refractivity contribution >= 4 is 62.4 Å². The van der Waals surface area contributed by atoms with Gasteiger partial charge in [-0.15, -0.1) is 11.3 Å². The standard InChI is InChI=1S/C29H37BrN6O6S/c1-3-31-26(40)21(37)10-9-19(32-27(41)28-34-22(30)15-43-28)25(39)33-20-8-5-11-36(29(20)42)14-23(38)35-24-16(2)12-17-6-4-7-18(24)13-17/h5,8,11,15-19,24H,3-4,6-7,9-10,12-14H2,1-2H3,(H,31,40)(H,32,41)(H,33,39)(H,35,38). The highest BCUT2D eigenvalue weighted by atomic mass is 79.9. The summed E-state index contributed by atoms with van der Waals surface area (Å²) < 4.78 is 1.67. The first kappa shape index (κ1) is 32.5. The van der Waals surface area contributed by atoms with Gasteiger partial charge in [-0.25, -0.2) is 4.98 Å². The van der Waals surface area contributed by atoms with Gasteiger partial charge in [0.15, 0.2) is 5.01 Å². The Hall–Kier alpha value is -3.39. The molecule has 0 radical (unpaired) electrons. The van der Waals surface area contributed by atoms with Crippen molar-refractivity contribution in [3.8, 4) is 0 Å². The van der Waals surface area contributed by atoms with E-state index in [2.05, 4.69) is 49.1 Å². The van der Waals surface area contributed by atoms with Crippen molar-refractivity contribution in [1.82, 2.24) is 25.5 Å². The van der Waals surface area contributed by atoms with E-state index in [1.807, 2.05) is 0 Å². The van der Waals surface area contributed by atoms with E-state index in [4.69, 9.17) is 0 Å². The molecular formula is C29H37BrN6O6S. The van der Waals surface area contributed by atoms with Crippen LogP contribution in [-0.4, -0.2) is 57.6 Å². The Morgan fingerprint density at radius 3 is 2.70 bits per heavy atom. The number of nitrogens with one attached hydrogen (secondary N) is 4. The summed E-state index contributed by atoms with van der Waals surface area (Å²) >= 11 is 4.23. The Kier molecular flexibility index (Phi) is 11.2. The number of Topliss-reactive ketones (excluding diaryl/α,β-unsaturated/α-hetero) is 1. The minimum atomic E-state index is -1.25. The minimum absolute atomic E-state index is 0.0765. The normalized spacial score (nSPS) is 21.7. The molecule has 2 aromatic heterocycles. The van der Waals surface area contributed by atoms with Gasteiger partial charge in [0.2, 0.25) is 17.6 Å². The molecule has 0 aliphatic heterocycles. The van der Waals surface area contributed by atoms with Crippen molar-refractivity contribution in [2.45, 2.75) is 77.4 Å². The van der Waals surface area contributed by atoms with Gasteiger partial charge >= 0.3 is 0 Å². The Labute approximate surface area is 261 Å². The van der Waals surface area contributed by atoms with E-state index >= 15 is 0 Å². The summed E-state index contributed by atoms with van der Waals surface area (Å²) in [7, 11) is 0. The van der Waals surface area contributed by atoms with Gasteiger partial charge in [-0.3, -0.25) is 28.8 Å². The summed E-state index contributed by atoms with van der Waals surface area (Å²) in [5.41, 5.74) is -0.680. The summed E-state index contributed by atoms with van der Waals surface area (Å²) in [4.78, 5) is 80.5. The van der Waals surface area contributed by atoms with Crippen LogP contribution in [-0.2, 0) is 25.7 Å². The molecule has 4 amide bonds. The van der Waals surface area contributed by atoms with Crippen molar-refractivity contribution in [3.63, 3.8) is 0 Å². The molecule has 0 spiro atoms. The Bertz CT molecular complexity index is 1420. The maximum absolute atomic E-state index is 13.3. The Morgan fingerprint density at radius 2 is 1.98 bits per heavy atom. The molecule has 2 bridgehead atoms. The third kappa shape index (κ3) is 8.59. The number of pyridine rings is 1. The van der Waals surface area contributed by atoms with Gasteiger partial charge in [0, 0.05) is 30.6 Å². The summed E-state index contributed by atoms with van der Waals surface area (Å²) in [6.07, 6.45) is 6.73. The summed E-state index contributed by atoms with van der Waals surface area (Å²) in [5, 5.41) is 12.3. The van der Waals surface area contributed by atoms with Crippen LogP contribution in [0.4, 0.5) is 5.69 Å². The van der Waals surface area contributed by atoms with Crippen molar-refractivity contribution in [2.75, 3.05) is 11.9 Å². The average molecular weight is 678 g/mol. The first-order valence-electron chi connectivity index (χ1n) is 14.6. The number of ketones is 1. The number of thiazole rings is 1. The van der Waals surface area contributed by atoms with Crippen LogP contribution in [0.5, 0.6) is 0 Å². The number of anilines is 1. The molecule has 4 rings (SSSR count). The molecule has 2 fully saturated rings. The van der Waals surface area contributed by atoms with Crippen LogP contribution in [0.25, 0.3) is 0 Å². The molecule has 0 aromatic carbocycles. The zero-order valence-corrected chi connectivity index (χ0v) is 26.6. The number of rotatable bonds is 12. The number of carbonyl (C=O) groups is 5. The predicted molar refractivity (Wildman–Crippen MR) is 164 cm³/mol. The molecule has 43 heavy (non-hydrogen) atoms. The van der Waals surface area contributed by atoms with Crippen molar-refractivity contribution in [3.05, 3.63) is 43.7 Å². The topological polar surface area (TPSA) is 168 Å². The number of likely N-dealkylation sites (N-methyl/N-ethyl adjacent to an activating group) is 1. The van der Waals surface area contributed by atoms with E-state index in [9.17, 15) is 28.8 Å². The SMILES string of the molecule is CCNC(=O)C(=O)CCC(NC(=O)c1nc(Br)cs1)C(=O)Nc1cccn(CC(=O)NC2C(C)CC3CCCC2C3)c1=O. The second-order valence-electron chi connectivity index (χ2n) is 11.3. The van der Waals surface area contributed by atoms with Crippen molar-refractivity contribution in [2.24, 2.45) is 17.8 Å². The summed E-state index contributed by atoms with van der Waals surface area (Å²) in [6.45, 7) is 3.90. The lowest BCUT2D eigenvalue weighted by molar-refractivity contribution is -0.138. The van der Waals surface area contributed by atoms with Gasteiger partial charge in [-0.2, -0.15) is 0 Å². The maximum atomic E-state index is 13.3. The van der Waals surface area contributed by atoms with Gasteiger partial charge in [0.25, 0.3) is 17.4 Å². The van der Waals surface area contributed by atoms with Crippen molar-refractivity contribution in [1.29, 1.82) is 0 Å². The number of hydrogen-bond acceptors (Lipinski definition) is 8. The van der Waals surface area contributed by atoms with Crippen LogP contribution in [0.2, 0.25) is 0 Å². The summed E-state index contributed by atoms with van der Waals surface area (Å²) in [6, 6.07) is 1.76. The Balaban J connectivity index is 1.43. The molecule has 4 N–H and O–H groups in total. The highest BCUT2D eigenvalue weighted by Gasteiger charge is 2.38. The van der Waals surface area contributed by atoms with Crippen LogP contribution in [0, 0.1) is 17.8 Å². The third-order valence-electron chi connectivity index (χ3n) is 8.11. The largest absolute Gasteiger partial charge is 0.351 e. The predicted octanol–water partition coefficient (Wildman–Crippen LogP) is 2.62. The molecule has 2 aliphatic rings. The fourth-order valence-electron chi connectivity index (χ4n) is 6.13. The Morgan fingerprint density at radius 1 is 1.19 bits per heavy atom. The molecule has 14 heteroatoms. The van der Waals surface area contributed by atoms with Crippen molar-refractivity contribution < 1.29 is 24.0 Å². The molecular weight excluding hydrogens is 640 g/mol. The fourth-order valence-corrected chi connectivity index (χ4v) is 7.28. The van der Waals surface area contributed by atoms with Crippen LogP contribution in [0.1, 0.15) is 68.6 Å². The molecule has 2 aliphatic carbocycles. The van der Waals surface area contributed by atoms with Crippen LogP contribution < -0.4 is 26.8 Å². The maximum Gasteiger partial charge on any atom is 0.287 e. The van der Waals surface area contributed by atoms with E-state index in [1.165, 1.54) is 29.7 Å². The average Bonchev–Trinajstić information content (AvgIpc) is 3.41. The number of fused-ring (bicyclic) bond motifs is 2. The van der Waals surface area contributed by atoms with Gasteiger partial charge < -0.3 is 25.8 Å². The molecule has 2 heterocycles. The van der Waals surface area contributed by atoms with E-state index < -0.39 is 35.1 Å². The first-order chi connectivity index (χ1) is 20.5. The highest BCUT2D eigenvalue weighted by molar-refractivity contribution is 9.10. The van der Waals surface area contributed by atoms with Gasteiger partial charge in [-0.05, 0) is 78.4 Å². The molecule has 2 aromatic rings. The molecule has 0 saturated heterocycles. The zero-order chi connectivity index (χ0) is 31.1. The number of carbonyl (C=O) groups excluding carboxylic acids is 5. The van der Waals surface area contributed by atoms with Gasteiger partial charge in [-0.1, -0.05) is 19.8 Å². The lowest BCUT2D eigenvalue weighted by atomic mass is 9.65. The molecule has 2 saturated carbocycles. The van der Waals surface area contributed by atoms with E-state index in [1.54, 1.807) is 18.4 Å². The lowest BCUT2D eigenvalue weighted by Gasteiger charge is -2.44.